The maximum absolute atomic E-state index is 12.5. The molecular formula is C8H7BrF2. The van der Waals surface area contributed by atoms with E-state index >= 15 is 0 Å². The molecule has 0 saturated heterocycles. The van der Waals surface area contributed by atoms with E-state index in [9.17, 15) is 8.78 Å². The van der Waals surface area contributed by atoms with E-state index in [2.05, 4.69) is 15.9 Å². The quantitative estimate of drug-likeness (QED) is 0.673. The van der Waals surface area contributed by atoms with Crippen molar-refractivity contribution in [2.75, 3.05) is 0 Å². The highest BCUT2D eigenvalue weighted by atomic mass is 79.9. The van der Waals surface area contributed by atoms with E-state index in [1.807, 2.05) is 0 Å². The Bertz CT molecular complexity index is 235. The average Bonchev–Trinajstić information content (AvgIpc) is 1.85. The minimum Gasteiger partial charge on any atom is -0.235 e. The van der Waals surface area contributed by atoms with Gasteiger partial charge in [0.05, 0.1) is 0 Å². The molecule has 0 aliphatic heterocycles. The average molecular weight is 221 g/mol. The van der Waals surface area contributed by atoms with Crippen LogP contribution in [0.3, 0.4) is 0 Å². The molecule has 1 atom stereocenters. The summed E-state index contributed by atoms with van der Waals surface area (Å²) in [6, 6.07) is 5.93. The predicted octanol–water partition coefficient (Wildman–Crippen LogP) is 3.06. The fourth-order valence-corrected chi connectivity index (χ4v) is 1.22. The normalized spacial score (nSPS) is 13.0. The van der Waals surface area contributed by atoms with E-state index in [1.165, 1.54) is 12.1 Å². The van der Waals surface area contributed by atoms with E-state index < -0.39 is 5.08 Å². The first-order valence-corrected chi connectivity index (χ1v) is 4.12. The molecule has 3 heteroatoms. The molecule has 60 valence electrons. The van der Waals surface area contributed by atoms with Crippen LogP contribution < -0.4 is 0 Å². The Morgan fingerprint density at radius 2 is 2.18 bits per heavy atom. The largest absolute Gasteiger partial charge is 0.235 e. The van der Waals surface area contributed by atoms with Crippen LogP contribution in [0.4, 0.5) is 8.78 Å². The summed E-state index contributed by atoms with van der Waals surface area (Å²) >= 11 is 2.75. The predicted molar refractivity (Wildman–Crippen MR) is 43.9 cm³/mol. The van der Waals surface area contributed by atoms with Crippen LogP contribution >= 0.6 is 15.9 Å². The number of benzene rings is 1. The van der Waals surface area contributed by atoms with E-state index in [4.69, 9.17) is 0 Å². The number of alkyl halides is 2. The molecule has 0 bridgehead atoms. The molecule has 0 fully saturated rings. The fourth-order valence-electron chi connectivity index (χ4n) is 0.842. The smallest absolute Gasteiger partial charge is 0.158 e. The third-order valence-electron chi connectivity index (χ3n) is 1.28. The van der Waals surface area contributed by atoms with E-state index in [0.29, 0.717) is 5.56 Å². The standard InChI is InChI=1S/C8H7BrF2/c9-8(11)5-6-2-1-3-7(10)4-6/h1-4,8H,5H2. The topological polar surface area (TPSA) is 0 Å². The molecule has 0 aliphatic carbocycles. The van der Waals surface area contributed by atoms with Crippen LogP contribution in [-0.4, -0.2) is 5.08 Å². The first-order valence-electron chi connectivity index (χ1n) is 3.21. The summed E-state index contributed by atoms with van der Waals surface area (Å²) in [4.78, 5) is 0. The van der Waals surface area contributed by atoms with Crippen molar-refractivity contribution in [3.05, 3.63) is 35.6 Å². The summed E-state index contributed by atoms with van der Waals surface area (Å²) < 4.78 is 24.8. The van der Waals surface area contributed by atoms with E-state index in [-0.39, 0.29) is 12.2 Å². The third-order valence-corrected chi connectivity index (χ3v) is 1.60. The SMILES string of the molecule is Fc1cccc(CC(F)Br)c1. The van der Waals surface area contributed by atoms with Gasteiger partial charge in [0, 0.05) is 6.42 Å². The molecule has 0 N–H and O–H groups in total. The monoisotopic (exact) mass is 220 g/mol. The van der Waals surface area contributed by atoms with Gasteiger partial charge in [-0.05, 0) is 17.7 Å². The number of hydrogen-bond acceptors (Lipinski definition) is 0. The van der Waals surface area contributed by atoms with Gasteiger partial charge < -0.3 is 0 Å². The molecular weight excluding hydrogens is 214 g/mol. The Hall–Kier alpha value is -0.440. The molecule has 0 saturated carbocycles. The lowest BCUT2D eigenvalue weighted by Gasteiger charge is -1.99. The number of rotatable bonds is 2. The highest BCUT2D eigenvalue weighted by Crippen LogP contribution is 2.11. The fraction of sp³-hybridized carbons (Fsp3) is 0.250. The molecule has 1 aromatic rings. The molecule has 1 unspecified atom stereocenters. The van der Waals surface area contributed by atoms with Gasteiger partial charge in [-0.2, -0.15) is 0 Å². The minimum absolute atomic E-state index is 0.206. The van der Waals surface area contributed by atoms with Crippen LogP contribution in [0.25, 0.3) is 0 Å². The molecule has 0 aliphatic rings. The summed E-state index contributed by atoms with van der Waals surface area (Å²) in [6.07, 6.45) is 0.206. The summed E-state index contributed by atoms with van der Waals surface area (Å²) in [5, 5.41) is -1.09. The maximum atomic E-state index is 12.5. The third kappa shape index (κ3) is 2.97. The van der Waals surface area contributed by atoms with Gasteiger partial charge >= 0.3 is 0 Å². The lowest BCUT2D eigenvalue weighted by atomic mass is 10.2. The van der Waals surface area contributed by atoms with Gasteiger partial charge in [-0.15, -0.1) is 0 Å². The van der Waals surface area contributed by atoms with Gasteiger partial charge in [0.15, 0.2) is 5.08 Å². The number of hydrogen-bond donors (Lipinski definition) is 0. The molecule has 0 nitrogen and oxygen atoms in total. The van der Waals surface area contributed by atoms with Crippen molar-refractivity contribution in [3.8, 4) is 0 Å². The zero-order valence-electron chi connectivity index (χ0n) is 5.73. The van der Waals surface area contributed by atoms with Gasteiger partial charge in [-0.1, -0.05) is 28.1 Å². The summed E-state index contributed by atoms with van der Waals surface area (Å²) in [5.74, 6) is -0.323. The van der Waals surface area contributed by atoms with Crippen molar-refractivity contribution in [1.82, 2.24) is 0 Å². The van der Waals surface area contributed by atoms with E-state index in [0.717, 1.165) is 0 Å². The lowest BCUT2D eigenvalue weighted by molar-refractivity contribution is 0.459. The van der Waals surface area contributed by atoms with Gasteiger partial charge in [0.2, 0.25) is 0 Å². The zero-order chi connectivity index (χ0) is 8.27. The molecule has 0 heterocycles. The maximum Gasteiger partial charge on any atom is 0.158 e. The van der Waals surface area contributed by atoms with Crippen LogP contribution in [0.2, 0.25) is 0 Å². The Kier molecular flexibility index (Phi) is 3.00. The highest BCUT2D eigenvalue weighted by Gasteiger charge is 2.02. The second-order valence-electron chi connectivity index (χ2n) is 2.23. The summed E-state index contributed by atoms with van der Waals surface area (Å²) in [7, 11) is 0. The Balaban J connectivity index is 2.71. The van der Waals surface area contributed by atoms with Crippen LogP contribution in [-0.2, 0) is 6.42 Å². The van der Waals surface area contributed by atoms with Crippen LogP contribution in [0.15, 0.2) is 24.3 Å². The lowest BCUT2D eigenvalue weighted by Crippen LogP contribution is -1.94. The van der Waals surface area contributed by atoms with Gasteiger partial charge in [-0.3, -0.25) is 0 Å². The Morgan fingerprint density at radius 1 is 1.45 bits per heavy atom. The zero-order valence-corrected chi connectivity index (χ0v) is 7.31. The molecule has 11 heavy (non-hydrogen) atoms. The highest BCUT2D eigenvalue weighted by molar-refractivity contribution is 9.09. The molecule has 0 aromatic heterocycles. The van der Waals surface area contributed by atoms with Crippen LogP contribution in [0.1, 0.15) is 5.56 Å². The Labute approximate surface area is 72.4 Å². The molecule has 0 spiro atoms. The molecule has 1 aromatic carbocycles. The second-order valence-corrected chi connectivity index (χ2v) is 3.22. The second kappa shape index (κ2) is 3.81. The van der Waals surface area contributed by atoms with Crippen molar-refractivity contribution in [1.29, 1.82) is 0 Å². The Morgan fingerprint density at radius 3 is 2.73 bits per heavy atom. The van der Waals surface area contributed by atoms with Crippen molar-refractivity contribution in [2.45, 2.75) is 11.5 Å². The summed E-state index contributed by atoms with van der Waals surface area (Å²) in [6.45, 7) is 0. The van der Waals surface area contributed by atoms with Crippen molar-refractivity contribution in [2.24, 2.45) is 0 Å². The van der Waals surface area contributed by atoms with Crippen LogP contribution in [0, 0.1) is 5.82 Å². The van der Waals surface area contributed by atoms with Crippen molar-refractivity contribution >= 4 is 15.9 Å². The van der Waals surface area contributed by atoms with Gasteiger partial charge in [0.1, 0.15) is 5.82 Å². The minimum atomic E-state index is -1.09. The van der Waals surface area contributed by atoms with E-state index in [1.54, 1.807) is 12.1 Å². The van der Waals surface area contributed by atoms with Crippen molar-refractivity contribution < 1.29 is 8.78 Å². The number of halogens is 3. The first kappa shape index (κ1) is 8.65. The van der Waals surface area contributed by atoms with Gasteiger partial charge in [0.25, 0.3) is 0 Å². The first-order chi connectivity index (χ1) is 5.18. The summed E-state index contributed by atoms with van der Waals surface area (Å²) in [5.41, 5.74) is 0.661. The van der Waals surface area contributed by atoms with Crippen molar-refractivity contribution in [3.63, 3.8) is 0 Å². The molecule has 0 radical (unpaired) electrons. The van der Waals surface area contributed by atoms with Crippen LogP contribution in [0.5, 0.6) is 0 Å². The van der Waals surface area contributed by atoms with Gasteiger partial charge in [-0.25, -0.2) is 8.78 Å². The molecule has 0 amide bonds. The molecule has 1 rings (SSSR count).